The molecule has 9 nitrogen and oxygen atoms in total. The van der Waals surface area contributed by atoms with Gasteiger partial charge in [-0.25, -0.2) is 4.79 Å². The van der Waals surface area contributed by atoms with E-state index in [9.17, 15) is 22.6 Å². The molecule has 2 heterocycles. The van der Waals surface area contributed by atoms with Gasteiger partial charge < -0.3 is 20.7 Å². The van der Waals surface area contributed by atoms with Crippen molar-refractivity contribution in [3.05, 3.63) is 137 Å². The lowest BCUT2D eigenvalue weighted by Crippen LogP contribution is -2.36. The first-order valence-electron chi connectivity index (χ1n) is 24.5. The van der Waals surface area contributed by atoms with E-state index in [2.05, 4.69) is 140 Å². The third-order valence-electron chi connectivity index (χ3n) is 14.0. The molecule has 4 atom stereocenters. The molecule has 354 valence electrons. The molecule has 2 fully saturated rings. The number of aryl methyl sites for hydroxylation is 2. The molecule has 1 aliphatic carbocycles. The van der Waals surface area contributed by atoms with Crippen molar-refractivity contribution in [1.29, 1.82) is 0 Å². The zero-order valence-corrected chi connectivity index (χ0v) is 41.0. The highest BCUT2D eigenvalue weighted by atomic mass is 32.2. The zero-order valence-electron chi connectivity index (χ0n) is 39.4. The van der Waals surface area contributed by atoms with Crippen LogP contribution in [0.25, 0.3) is 33.4 Å². The van der Waals surface area contributed by atoms with Gasteiger partial charge in [-0.05, 0) is 139 Å². The molecular weight excluding hydrogens is 875 g/mol. The molecule has 4 N–H and O–H groups in total. The molecule has 3 amide bonds. The van der Waals surface area contributed by atoms with E-state index in [4.69, 9.17) is 4.74 Å². The monoisotopic (exact) mass is 941 g/mol. The fourth-order valence-corrected chi connectivity index (χ4v) is 12.6. The Morgan fingerprint density at radius 3 is 2.22 bits per heavy atom. The van der Waals surface area contributed by atoms with Crippen LogP contribution in [0.5, 0.6) is 5.75 Å². The maximum Gasteiger partial charge on any atom is 0.315 e. The van der Waals surface area contributed by atoms with E-state index in [1.807, 2.05) is 11.8 Å². The number of nitrogens with one attached hydrogen (secondary N) is 3. The zero-order chi connectivity index (χ0) is 47.0. The average molecular weight is 942 g/mol. The van der Waals surface area contributed by atoms with E-state index < -0.39 is 10.1 Å². The standard InChI is InChI=1S/C56H67N3O6S2/c1-4-5-26-56(27-8-11-30-67(62,63)64)49-31-39(3)16-24-47(49)48-25-23-44(36-50(48)56)42-21-17-40(18-22-42)32-41-33-45(43-19-14-38(2)15-20-43)35-46(34-41)65-29-10-9-28-57-53(60)13-7-6-12-52-54-51(37-66-52)58-55(61)59-54/h14-25,31,33-36,51-52,54H,4-13,26-30,32,37H2,1-3H3,(H,57,60)(H2,58,59,61)(H,62,63,64). The molecule has 5 aromatic carbocycles. The average Bonchev–Trinajstić information content (AvgIpc) is 3.95. The van der Waals surface area contributed by atoms with E-state index in [0.29, 0.717) is 37.7 Å². The van der Waals surface area contributed by atoms with Crippen molar-refractivity contribution in [2.75, 3.05) is 24.7 Å². The van der Waals surface area contributed by atoms with Crippen LogP contribution < -0.4 is 20.7 Å². The van der Waals surface area contributed by atoms with Gasteiger partial charge in [-0.15, -0.1) is 0 Å². The molecule has 8 rings (SSSR count). The molecule has 0 radical (unpaired) electrons. The van der Waals surface area contributed by atoms with Gasteiger partial charge in [-0.2, -0.15) is 20.2 Å². The van der Waals surface area contributed by atoms with Crippen LogP contribution in [0, 0.1) is 13.8 Å². The van der Waals surface area contributed by atoms with Gasteiger partial charge in [0.15, 0.2) is 0 Å². The van der Waals surface area contributed by atoms with E-state index in [1.54, 1.807) is 0 Å². The highest BCUT2D eigenvalue weighted by molar-refractivity contribution is 8.00. The minimum Gasteiger partial charge on any atom is -0.494 e. The molecule has 0 spiro atoms. The second-order valence-corrected chi connectivity index (χ2v) is 22.0. The lowest BCUT2D eigenvalue weighted by molar-refractivity contribution is -0.121. The fraction of sp³-hybridized carbons (Fsp3) is 0.429. The number of unbranched alkanes of at least 4 members (excludes halogenated alkanes) is 4. The lowest BCUT2D eigenvalue weighted by atomic mass is 9.70. The second-order valence-electron chi connectivity index (χ2n) is 19.1. The summed E-state index contributed by atoms with van der Waals surface area (Å²) in [5, 5.41) is 9.55. The van der Waals surface area contributed by atoms with Gasteiger partial charge in [-0.1, -0.05) is 129 Å². The van der Waals surface area contributed by atoms with Crippen LogP contribution in [-0.4, -0.2) is 66.9 Å². The Kier molecular flexibility index (Phi) is 15.8. The molecule has 2 aliphatic heterocycles. The first-order valence-corrected chi connectivity index (χ1v) is 27.1. The number of carbonyl (C=O) groups excluding carboxylic acids is 2. The van der Waals surface area contributed by atoms with Gasteiger partial charge in [0, 0.05) is 29.4 Å². The maximum atomic E-state index is 12.6. The van der Waals surface area contributed by atoms with Gasteiger partial charge in [0.05, 0.1) is 24.4 Å². The summed E-state index contributed by atoms with van der Waals surface area (Å²) in [6.07, 6.45) is 10.9. The van der Waals surface area contributed by atoms with Gasteiger partial charge in [-0.3, -0.25) is 9.35 Å². The highest BCUT2D eigenvalue weighted by Crippen LogP contribution is 2.55. The Morgan fingerprint density at radius 2 is 1.45 bits per heavy atom. The molecule has 3 aliphatic rings. The predicted octanol–water partition coefficient (Wildman–Crippen LogP) is 11.7. The number of fused-ring (bicyclic) bond motifs is 4. The van der Waals surface area contributed by atoms with Crippen LogP contribution in [-0.2, 0) is 26.7 Å². The molecule has 4 unspecified atom stereocenters. The molecule has 5 aromatic rings. The number of amides is 3. The molecule has 11 heteroatoms. The number of rotatable bonds is 23. The van der Waals surface area contributed by atoms with Crippen molar-refractivity contribution < 1.29 is 27.3 Å². The van der Waals surface area contributed by atoms with Crippen LogP contribution in [0.1, 0.15) is 117 Å². The van der Waals surface area contributed by atoms with Crippen molar-refractivity contribution in [1.82, 2.24) is 16.0 Å². The van der Waals surface area contributed by atoms with Crippen LogP contribution >= 0.6 is 11.8 Å². The first kappa shape index (κ1) is 48.4. The van der Waals surface area contributed by atoms with Gasteiger partial charge >= 0.3 is 6.03 Å². The summed E-state index contributed by atoms with van der Waals surface area (Å²) in [6.45, 7) is 7.66. The van der Waals surface area contributed by atoms with Crippen molar-refractivity contribution >= 4 is 33.8 Å². The van der Waals surface area contributed by atoms with Crippen LogP contribution in [0.15, 0.2) is 103 Å². The van der Waals surface area contributed by atoms with Crippen molar-refractivity contribution in [3.8, 4) is 39.1 Å². The summed E-state index contributed by atoms with van der Waals surface area (Å²) >= 11 is 1.92. The van der Waals surface area contributed by atoms with E-state index >= 15 is 0 Å². The van der Waals surface area contributed by atoms with Gasteiger partial charge in [0.25, 0.3) is 10.1 Å². The number of carbonyl (C=O) groups is 2. The van der Waals surface area contributed by atoms with E-state index in [1.165, 1.54) is 44.5 Å². The summed E-state index contributed by atoms with van der Waals surface area (Å²) in [4.78, 5) is 24.2. The Morgan fingerprint density at radius 1 is 0.746 bits per heavy atom. The number of ether oxygens (including phenoxy) is 1. The summed E-state index contributed by atoms with van der Waals surface area (Å²) in [5.74, 6) is 1.68. The largest absolute Gasteiger partial charge is 0.494 e. The van der Waals surface area contributed by atoms with Gasteiger partial charge in [0.1, 0.15) is 5.75 Å². The third kappa shape index (κ3) is 12.1. The molecule has 0 saturated carbocycles. The lowest BCUT2D eigenvalue weighted by Gasteiger charge is -2.33. The summed E-state index contributed by atoms with van der Waals surface area (Å²) in [6, 6.07) is 38.1. The Bertz CT molecular complexity index is 2630. The number of urea groups is 1. The van der Waals surface area contributed by atoms with Crippen LogP contribution in [0.2, 0.25) is 0 Å². The number of hydrogen-bond acceptors (Lipinski definition) is 6. The summed E-state index contributed by atoms with van der Waals surface area (Å²) in [7, 11) is -4.01. The van der Waals surface area contributed by atoms with E-state index in [0.717, 1.165) is 98.0 Å². The quantitative estimate of drug-likeness (QED) is 0.0291. The molecule has 67 heavy (non-hydrogen) atoms. The topological polar surface area (TPSA) is 134 Å². The first-order chi connectivity index (χ1) is 32.4. The molecule has 0 bridgehead atoms. The Labute approximate surface area is 402 Å². The summed E-state index contributed by atoms with van der Waals surface area (Å²) in [5.41, 5.74) is 14.3. The number of thioether (sulfide) groups is 1. The van der Waals surface area contributed by atoms with Crippen LogP contribution in [0.4, 0.5) is 4.79 Å². The Hall–Kier alpha value is -5.10. The molecule has 0 aromatic heterocycles. The smallest absolute Gasteiger partial charge is 0.315 e. The van der Waals surface area contributed by atoms with E-state index in [-0.39, 0.29) is 35.2 Å². The normalized spacial score (nSPS) is 19.3. The number of benzene rings is 5. The van der Waals surface area contributed by atoms with Crippen molar-refractivity contribution in [3.63, 3.8) is 0 Å². The number of hydrogen-bond donors (Lipinski definition) is 4. The fourth-order valence-electron chi connectivity index (χ4n) is 10.5. The SMILES string of the molecule is CCCCC1(CCCCS(=O)(=O)O)c2cc(C)ccc2-c2ccc(-c3ccc(Cc4cc(OCCCCNC(=O)CCCCC5SCC6NC(=O)NC65)cc(-c5ccc(C)cc5)c4)cc3)cc21. The maximum absolute atomic E-state index is 12.6. The van der Waals surface area contributed by atoms with Crippen LogP contribution in [0.3, 0.4) is 0 Å². The highest BCUT2D eigenvalue weighted by Gasteiger charge is 2.43. The predicted molar refractivity (Wildman–Crippen MR) is 274 cm³/mol. The van der Waals surface area contributed by atoms with Gasteiger partial charge in [0.2, 0.25) is 5.91 Å². The minimum absolute atomic E-state index is 0.0568. The molecule has 2 saturated heterocycles. The van der Waals surface area contributed by atoms with Crippen molar-refractivity contribution in [2.45, 2.75) is 127 Å². The second kappa shape index (κ2) is 21.9. The molecular formula is C56H67N3O6S2. The summed E-state index contributed by atoms with van der Waals surface area (Å²) < 4.78 is 39.1. The minimum atomic E-state index is -4.01. The van der Waals surface area contributed by atoms with Crippen molar-refractivity contribution in [2.24, 2.45) is 0 Å². The Balaban J connectivity index is 0.895. The third-order valence-corrected chi connectivity index (χ3v) is 16.3.